The number of benzene rings is 1. The molecule has 0 saturated heterocycles. The summed E-state index contributed by atoms with van der Waals surface area (Å²) in [6.45, 7) is 4.19. The smallest absolute Gasteiger partial charge is 0.0930 e. The van der Waals surface area contributed by atoms with Crippen LogP contribution in [-0.2, 0) is 6.42 Å². The Morgan fingerprint density at radius 3 is 2.79 bits per heavy atom. The minimum atomic E-state index is -0.0577. The molecule has 1 aliphatic carbocycles. The number of halogens is 1. The summed E-state index contributed by atoms with van der Waals surface area (Å²) >= 11 is 3.42. The van der Waals surface area contributed by atoms with Crippen molar-refractivity contribution in [3.8, 4) is 0 Å². The second-order valence-electron chi connectivity index (χ2n) is 4.31. The van der Waals surface area contributed by atoms with Crippen molar-refractivity contribution in [2.45, 2.75) is 20.3 Å². The van der Waals surface area contributed by atoms with E-state index in [9.17, 15) is 0 Å². The first-order chi connectivity index (χ1) is 6.54. The summed E-state index contributed by atoms with van der Waals surface area (Å²) in [6, 6.07) is 6.12. The van der Waals surface area contributed by atoms with Crippen molar-refractivity contribution in [3.05, 3.63) is 33.8 Å². The van der Waals surface area contributed by atoms with E-state index >= 15 is 0 Å². The largest absolute Gasteiger partial charge is 0.411 e. The Morgan fingerprint density at radius 1 is 1.43 bits per heavy atom. The molecule has 14 heavy (non-hydrogen) atoms. The molecule has 0 aromatic heterocycles. The molecule has 0 spiro atoms. The summed E-state index contributed by atoms with van der Waals surface area (Å²) in [5.41, 5.74) is 3.05. The second kappa shape index (κ2) is 3.09. The van der Waals surface area contributed by atoms with Crippen LogP contribution in [0.4, 0.5) is 0 Å². The summed E-state index contributed by atoms with van der Waals surface area (Å²) in [7, 11) is 0. The van der Waals surface area contributed by atoms with Crippen molar-refractivity contribution in [2.75, 3.05) is 0 Å². The van der Waals surface area contributed by atoms with Crippen LogP contribution >= 0.6 is 15.9 Å². The summed E-state index contributed by atoms with van der Waals surface area (Å²) in [5, 5.41) is 12.4. The van der Waals surface area contributed by atoms with Crippen LogP contribution in [0.1, 0.15) is 25.0 Å². The van der Waals surface area contributed by atoms with E-state index in [1.807, 2.05) is 12.1 Å². The maximum atomic E-state index is 9.01. The van der Waals surface area contributed by atoms with Gasteiger partial charge >= 0.3 is 0 Å². The zero-order valence-electron chi connectivity index (χ0n) is 8.21. The van der Waals surface area contributed by atoms with E-state index in [2.05, 4.69) is 41.0 Å². The predicted octanol–water partition coefficient (Wildman–Crippen LogP) is 3.21. The number of rotatable bonds is 0. The lowest BCUT2D eigenvalue weighted by molar-refractivity contribution is 0.311. The van der Waals surface area contributed by atoms with Crippen LogP contribution in [-0.4, -0.2) is 10.9 Å². The van der Waals surface area contributed by atoms with Gasteiger partial charge in [0, 0.05) is 15.5 Å². The van der Waals surface area contributed by atoms with Crippen LogP contribution in [0.5, 0.6) is 0 Å². The third-order valence-electron chi connectivity index (χ3n) is 2.70. The number of oxime groups is 1. The fourth-order valence-corrected chi connectivity index (χ4v) is 2.40. The average Bonchev–Trinajstić information content (AvgIpc) is 2.34. The Kier molecular flexibility index (Phi) is 2.14. The molecule has 0 unspecified atom stereocenters. The predicted molar refractivity (Wildman–Crippen MR) is 60.0 cm³/mol. The van der Waals surface area contributed by atoms with Crippen LogP contribution in [0.3, 0.4) is 0 Å². The molecule has 0 fully saturated rings. The van der Waals surface area contributed by atoms with E-state index in [0.717, 1.165) is 22.2 Å². The Morgan fingerprint density at radius 2 is 2.14 bits per heavy atom. The maximum Gasteiger partial charge on any atom is 0.0930 e. The van der Waals surface area contributed by atoms with E-state index in [1.54, 1.807) is 0 Å². The van der Waals surface area contributed by atoms with E-state index in [4.69, 9.17) is 5.21 Å². The van der Waals surface area contributed by atoms with E-state index < -0.39 is 0 Å². The van der Waals surface area contributed by atoms with Crippen LogP contribution in [0, 0.1) is 5.41 Å². The first-order valence-electron chi connectivity index (χ1n) is 4.56. The van der Waals surface area contributed by atoms with Crippen molar-refractivity contribution in [1.82, 2.24) is 0 Å². The Hall–Kier alpha value is -0.830. The van der Waals surface area contributed by atoms with Crippen molar-refractivity contribution in [2.24, 2.45) is 10.6 Å². The number of fused-ring (bicyclic) bond motifs is 1. The standard InChI is InChI=1S/C11H12BrNO/c1-11(2)6-7-3-4-8(12)5-9(7)10(11)13-14/h3-5,14H,6H2,1-2H3/b13-10+. The molecule has 1 aromatic carbocycles. The maximum absolute atomic E-state index is 9.01. The molecular weight excluding hydrogens is 242 g/mol. The van der Waals surface area contributed by atoms with E-state index in [0.29, 0.717) is 0 Å². The zero-order valence-corrected chi connectivity index (χ0v) is 9.80. The van der Waals surface area contributed by atoms with Gasteiger partial charge in [-0.15, -0.1) is 0 Å². The summed E-state index contributed by atoms with van der Waals surface area (Å²) in [5.74, 6) is 0. The topological polar surface area (TPSA) is 32.6 Å². The molecule has 0 heterocycles. The number of nitrogens with zero attached hydrogens (tertiary/aromatic N) is 1. The minimum Gasteiger partial charge on any atom is -0.411 e. The van der Waals surface area contributed by atoms with Gasteiger partial charge in [-0.05, 0) is 24.1 Å². The molecule has 0 radical (unpaired) electrons. The normalized spacial score (nSPS) is 21.2. The van der Waals surface area contributed by atoms with Crippen LogP contribution in [0.15, 0.2) is 27.8 Å². The molecule has 2 rings (SSSR count). The van der Waals surface area contributed by atoms with E-state index in [-0.39, 0.29) is 5.41 Å². The third kappa shape index (κ3) is 1.36. The van der Waals surface area contributed by atoms with Crippen LogP contribution in [0.25, 0.3) is 0 Å². The first kappa shape index (κ1) is 9.71. The van der Waals surface area contributed by atoms with Crippen molar-refractivity contribution in [3.63, 3.8) is 0 Å². The molecule has 1 N–H and O–H groups in total. The van der Waals surface area contributed by atoms with Crippen molar-refractivity contribution in [1.29, 1.82) is 0 Å². The lowest BCUT2D eigenvalue weighted by atomic mass is 9.88. The monoisotopic (exact) mass is 253 g/mol. The minimum absolute atomic E-state index is 0.0577. The summed E-state index contributed by atoms with van der Waals surface area (Å²) in [6.07, 6.45) is 0.939. The molecule has 1 aromatic rings. The van der Waals surface area contributed by atoms with Gasteiger partial charge in [-0.1, -0.05) is 41.0 Å². The van der Waals surface area contributed by atoms with Crippen LogP contribution in [0.2, 0.25) is 0 Å². The molecule has 0 aliphatic heterocycles. The van der Waals surface area contributed by atoms with E-state index in [1.165, 1.54) is 5.56 Å². The Bertz CT molecular complexity index is 410. The Labute approximate surface area is 91.8 Å². The fourth-order valence-electron chi connectivity index (χ4n) is 2.04. The summed E-state index contributed by atoms with van der Waals surface area (Å²) in [4.78, 5) is 0. The highest BCUT2D eigenvalue weighted by Gasteiger charge is 2.35. The van der Waals surface area contributed by atoms with Gasteiger partial charge in [-0.2, -0.15) is 0 Å². The first-order valence-corrected chi connectivity index (χ1v) is 5.35. The number of hydrogen-bond acceptors (Lipinski definition) is 2. The molecule has 2 nitrogen and oxygen atoms in total. The highest BCUT2D eigenvalue weighted by Crippen LogP contribution is 2.37. The SMILES string of the molecule is CC1(C)Cc2ccc(Br)cc2/C1=N\O. The molecule has 74 valence electrons. The molecule has 0 saturated carbocycles. The molecule has 1 aliphatic rings. The third-order valence-corrected chi connectivity index (χ3v) is 3.19. The summed E-state index contributed by atoms with van der Waals surface area (Å²) < 4.78 is 1.02. The molecular formula is C11H12BrNO. The average molecular weight is 254 g/mol. The van der Waals surface area contributed by atoms with Gasteiger partial charge in [-0.3, -0.25) is 0 Å². The molecule has 0 bridgehead atoms. The van der Waals surface area contributed by atoms with Gasteiger partial charge in [-0.25, -0.2) is 0 Å². The highest BCUT2D eigenvalue weighted by molar-refractivity contribution is 9.10. The highest BCUT2D eigenvalue weighted by atomic mass is 79.9. The number of hydrogen-bond donors (Lipinski definition) is 1. The van der Waals surface area contributed by atoms with Gasteiger partial charge in [0.2, 0.25) is 0 Å². The fraction of sp³-hybridized carbons (Fsp3) is 0.364. The van der Waals surface area contributed by atoms with Gasteiger partial charge < -0.3 is 5.21 Å². The van der Waals surface area contributed by atoms with Gasteiger partial charge in [0.1, 0.15) is 0 Å². The van der Waals surface area contributed by atoms with Crippen LogP contribution < -0.4 is 0 Å². The second-order valence-corrected chi connectivity index (χ2v) is 5.23. The van der Waals surface area contributed by atoms with Gasteiger partial charge in [0.05, 0.1) is 5.71 Å². The van der Waals surface area contributed by atoms with Gasteiger partial charge in [0.25, 0.3) is 0 Å². The zero-order chi connectivity index (χ0) is 10.3. The lowest BCUT2D eigenvalue weighted by Crippen LogP contribution is -2.20. The quantitative estimate of drug-likeness (QED) is 0.559. The van der Waals surface area contributed by atoms with Crippen molar-refractivity contribution >= 4 is 21.6 Å². The van der Waals surface area contributed by atoms with Crippen molar-refractivity contribution < 1.29 is 5.21 Å². The molecule has 0 atom stereocenters. The Balaban J connectivity index is 2.61. The molecule has 0 amide bonds. The van der Waals surface area contributed by atoms with Gasteiger partial charge in [0.15, 0.2) is 0 Å². The lowest BCUT2D eigenvalue weighted by Gasteiger charge is -2.16. The molecule has 3 heteroatoms.